The molecule has 64 valence electrons. The zero-order valence-electron chi connectivity index (χ0n) is 6.41. The molecule has 0 radical (unpaired) electrons. The van der Waals surface area contributed by atoms with Crippen LogP contribution in [0.4, 0.5) is 0 Å². The van der Waals surface area contributed by atoms with E-state index in [1.54, 1.807) is 0 Å². The summed E-state index contributed by atoms with van der Waals surface area (Å²) in [5, 5.41) is 17.4. The number of carboxylic acid groups (broad SMARTS) is 1. The highest BCUT2D eigenvalue weighted by atomic mass is 16.5. The fourth-order valence-corrected chi connectivity index (χ4v) is 0.623. The van der Waals surface area contributed by atoms with E-state index in [1.165, 1.54) is 7.11 Å². The van der Waals surface area contributed by atoms with Gasteiger partial charge in [-0.05, 0) is 0 Å². The highest BCUT2D eigenvalue weighted by Gasteiger charge is 2.10. The molecule has 4 nitrogen and oxygen atoms in total. The van der Waals surface area contributed by atoms with E-state index >= 15 is 0 Å². The van der Waals surface area contributed by atoms with Gasteiger partial charge in [0.2, 0.25) is 0 Å². The highest BCUT2D eigenvalue weighted by molar-refractivity contribution is 5.85. The molecule has 2 N–H and O–H groups in total. The molecule has 0 rings (SSSR count). The number of ether oxygens (including phenoxy) is 1. The van der Waals surface area contributed by atoms with E-state index in [1.807, 2.05) is 0 Å². The summed E-state index contributed by atoms with van der Waals surface area (Å²) in [4.78, 5) is 10.2. The molecule has 0 fully saturated rings. The topological polar surface area (TPSA) is 66.8 Å². The van der Waals surface area contributed by atoms with Crippen LogP contribution in [0.2, 0.25) is 0 Å². The van der Waals surface area contributed by atoms with Crippen molar-refractivity contribution in [2.75, 3.05) is 13.7 Å². The second-order valence-electron chi connectivity index (χ2n) is 2.22. The SMILES string of the molecule is C=C(CC(O)COC)C(=O)O. The Hall–Kier alpha value is -0.870. The molecule has 0 spiro atoms. The number of hydrogen-bond acceptors (Lipinski definition) is 3. The third kappa shape index (κ3) is 4.52. The summed E-state index contributed by atoms with van der Waals surface area (Å²) < 4.78 is 4.60. The first-order chi connectivity index (χ1) is 5.07. The number of aliphatic carboxylic acids is 1. The maximum absolute atomic E-state index is 10.2. The maximum Gasteiger partial charge on any atom is 0.331 e. The molecule has 0 amide bonds. The molecular weight excluding hydrogens is 148 g/mol. The number of hydrogen-bond donors (Lipinski definition) is 2. The van der Waals surface area contributed by atoms with Gasteiger partial charge < -0.3 is 14.9 Å². The summed E-state index contributed by atoms with van der Waals surface area (Å²) in [5.41, 5.74) is -0.00505. The zero-order valence-corrected chi connectivity index (χ0v) is 6.41. The smallest absolute Gasteiger partial charge is 0.331 e. The van der Waals surface area contributed by atoms with Crippen LogP contribution in [-0.4, -0.2) is 36.0 Å². The van der Waals surface area contributed by atoms with Crippen molar-refractivity contribution < 1.29 is 19.7 Å². The Morgan fingerprint density at radius 3 is 2.64 bits per heavy atom. The number of carboxylic acids is 1. The quantitative estimate of drug-likeness (QED) is 0.556. The van der Waals surface area contributed by atoms with Gasteiger partial charge in [0.15, 0.2) is 0 Å². The number of methoxy groups -OCH3 is 1. The minimum atomic E-state index is -1.08. The predicted molar refractivity (Wildman–Crippen MR) is 39.3 cm³/mol. The molecule has 0 aromatic carbocycles. The van der Waals surface area contributed by atoms with E-state index in [2.05, 4.69) is 11.3 Å². The summed E-state index contributed by atoms with van der Waals surface area (Å²) in [6.07, 6.45) is -0.730. The minimum Gasteiger partial charge on any atom is -0.478 e. The van der Waals surface area contributed by atoms with Gasteiger partial charge in [-0.1, -0.05) is 6.58 Å². The Bertz CT molecular complexity index is 153. The molecule has 0 aromatic heterocycles. The largest absolute Gasteiger partial charge is 0.478 e. The average molecular weight is 160 g/mol. The van der Waals surface area contributed by atoms with Crippen molar-refractivity contribution in [3.05, 3.63) is 12.2 Å². The van der Waals surface area contributed by atoms with Crippen LogP contribution in [0.25, 0.3) is 0 Å². The molecule has 11 heavy (non-hydrogen) atoms. The summed E-state index contributed by atoms with van der Waals surface area (Å²) in [5.74, 6) is -1.08. The van der Waals surface area contributed by atoms with Gasteiger partial charge in [-0.25, -0.2) is 4.79 Å². The third-order valence-electron chi connectivity index (χ3n) is 1.14. The summed E-state index contributed by atoms with van der Waals surface area (Å²) in [6, 6.07) is 0. The number of rotatable bonds is 5. The normalized spacial score (nSPS) is 12.5. The van der Waals surface area contributed by atoms with E-state index in [-0.39, 0.29) is 18.6 Å². The molecule has 1 unspecified atom stereocenters. The summed E-state index contributed by atoms with van der Waals surface area (Å²) in [7, 11) is 1.44. The van der Waals surface area contributed by atoms with Crippen molar-refractivity contribution in [2.45, 2.75) is 12.5 Å². The van der Waals surface area contributed by atoms with Crippen LogP contribution in [0.1, 0.15) is 6.42 Å². The first-order valence-corrected chi connectivity index (χ1v) is 3.16. The Morgan fingerprint density at radius 1 is 1.73 bits per heavy atom. The van der Waals surface area contributed by atoms with Crippen molar-refractivity contribution in [3.8, 4) is 0 Å². The number of aliphatic hydroxyl groups is 1. The van der Waals surface area contributed by atoms with Crippen molar-refractivity contribution in [2.24, 2.45) is 0 Å². The van der Waals surface area contributed by atoms with Crippen LogP contribution in [0.5, 0.6) is 0 Å². The van der Waals surface area contributed by atoms with Crippen molar-refractivity contribution in [3.63, 3.8) is 0 Å². The van der Waals surface area contributed by atoms with Crippen molar-refractivity contribution in [1.82, 2.24) is 0 Å². The molecule has 0 aliphatic carbocycles. The lowest BCUT2D eigenvalue weighted by Gasteiger charge is -2.07. The maximum atomic E-state index is 10.2. The van der Waals surface area contributed by atoms with Crippen LogP contribution in [0.15, 0.2) is 12.2 Å². The lowest BCUT2D eigenvalue weighted by Crippen LogP contribution is -2.16. The van der Waals surface area contributed by atoms with E-state index in [9.17, 15) is 4.79 Å². The fraction of sp³-hybridized carbons (Fsp3) is 0.571. The zero-order chi connectivity index (χ0) is 8.85. The van der Waals surface area contributed by atoms with Crippen LogP contribution in [0, 0.1) is 0 Å². The average Bonchev–Trinajstić information content (AvgIpc) is 1.87. The Balaban J connectivity index is 3.66. The molecule has 0 heterocycles. The molecular formula is C7H12O4. The standard InChI is InChI=1S/C7H12O4/c1-5(7(9)10)3-6(8)4-11-2/h6,8H,1,3-4H2,2H3,(H,9,10). The lowest BCUT2D eigenvalue weighted by molar-refractivity contribution is -0.133. The molecule has 0 aliphatic heterocycles. The second kappa shape index (κ2) is 4.87. The van der Waals surface area contributed by atoms with E-state index < -0.39 is 12.1 Å². The van der Waals surface area contributed by atoms with Crippen molar-refractivity contribution in [1.29, 1.82) is 0 Å². The number of carbonyl (C=O) groups is 1. The van der Waals surface area contributed by atoms with Gasteiger partial charge >= 0.3 is 5.97 Å². The monoisotopic (exact) mass is 160 g/mol. The van der Waals surface area contributed by atoms with Gasteiger partial charge in [0.05, 0.1) is 12.7 Å². The van der Waals surface area contributed by atoms with Gasteiger partial charge in [-0.2, -0.15) is 0 Å². The van der Waals surface area contributed by atoms with Gasteiger partial charge in [0.25, 0.3) is 0 Å². The molecule has 0 saturated heterocycles. The first kappa shape index (κ1) is 10.1. The lowest BCUT2D eigenvalue weighted by atomic mass is 10.1. The second-order valence-corrected chi connectivity index (χ2v) is 2.22. The Kier molecular flexibility index (Phi) is 4.49. The Labute approximate surface area is 65.1 Å². The van der Waals surface area contributed by atoms with Crippen LogP contribution >= 0.6 is 0 Å². The summed E-state index contributed by atoms with van der Waals surface area (Å²) in [6.45, 7) is 3.39. The van der Waals surface area contributed by atoms with Gasteiger partial charge in [-0.15, -0.1) is 0 Å². The molecule has 1 atom stereocenters. The Morgan fingerprint density at radius 2 is 2.27 bits per heavy atom. The van der Waals surface area contributed by atoms with Crippen LogP contribution in [0.3, 0.4) is 0 Å². The molecule has 4 heteroatoms. The first-order valence-electron chi connectivity index (χ1n) is 3.16. The van der Waals surface area contributed by atoms with Crippen LogP contribution < -0.4 is 0 Å². The highest BCUT2D eigenvalue weighted by Crippen LogP contribution is 2.02. The van der Waals surface area contributed by atoms with Gasteiger partial charge in [-0.3, -0.25) is 0 Å². The van der Waals surface area contributed by atoms with E-state index in [0.717, 1.165) is 0 Å². The van der Waals surface area contributed by atoms with Gasteiger partial charge in [0, 0.05) is 19.1 Å². The predicted octanol–water partition coefficient (Wildman–Crippen LogP) is 0.0246. The number of aliphatic hydroxyl groups excluding tert-OH is 1. The fourth-order valence-electron chi connectivity index (χ4n) is 0.623. The van der Waals surface area contributed by atoms with Gasteiger partial charge in [0.1, 0.15) is 0 Å². The molecule has 0 aromatic rings. The minimum absolute atomic E-state index is 0.00505. The third-order valence-corrected chi connectivity index (χ3v) is 1.14. The van der Waals surface area contributed by atoms with Crippen molar-refractivity contribution >= 4 is 5.97 Å². The van der Waals surface area contributed by atoms with E-state index in [0.29, 0.717) is 0 Å². The molecule has 0 bridgehead atoms. The molecule has 0 aliphatic rings. The summed E-state index contributed by atoms with van der Waals surface area (Å²) >= 11 is 0. The van der Waals surface area contributed by atoms with E-state index in [4.69, 9.17) is 10.2 Å². The van der Waals surface area contributed by atoms with Crippen LogP contribution in [-0.2, 0) is 9.53 Å². The molecule has 0 saturated carbocycles.